The summed E-state index contributed by atoms with van der Waals surface area (Å²) in [6, 6.07) is 0. The van der Waals surface area contributed by atoms with Crippen molar-refractivity contribution < 1.29 is 17.6 Å². The van der Waals surface area contributed by atoms with Crippen LogP contribution in [0.3, 0.4) is 0 Å². The normalized spacial score (nSPS) is 23.6. The lowest BCUT2D eigenvalue weighted by Gasteiger charge is -2.22. The highest BCUT2D eigenvalue weighted by Gasteiger charge is 2.38. The first-order valence-corrected chi connectivity index (χ1v) is 4.23. The summed E-state index contributed by atoms with van der Waals surface area (Å²) in [7, 11) is 1.41. The Hall–Kier alpha value is -0.710. The molecule has 0 aromatic carbocycles. The Morgan fingerprint density at radius 1 is 1.50 bits per heavy atom. The number of halogens is 5. The first-order chi connectivity index (χ1) is 6.36. The van der Waals surface area contributed by atoms with E-state index in [-0.39, 0.29) is 10.7 Å². The highest BCUT2D eigenvalue weighted by atomic mass is 35.5. The summed E-state index contributed by atoms with van der Waals surface area (Å²) in [6.07, 6.45) is -6.16. The van der Waals surface area contributed by atoms with E-state index >= 15 is 0 Å². The molecular formula is C8H8ClF4N. The van der Waals surface area contributed by atoms with Crippen LogP contribution in [0, 0.1) is 0 Å². The monoisotopic (exact) mass is 229 g/mol. The van der Waals surface area contributed by atoms with Crippen molar-refractivity contribution in [1.29, 1.82) is 0 Å². The standard InChI is InChI=1S/C8H8ClF4N/c1-14-7-5(9)2-4(3-6(7)10)8(11,12)13/h2,6,14H,3H2,1H3. The summed E-state index contributed by atoms with van der Waals surface area (Å²) in [5, 5.41) is 2.21. The zero-order valence-electron chi connectivity index (χ0n) is 7.25. The van der Waals surface area contributed by atoms with Gasteiger partial charge in [-0.05, 0) is 6.08 Å². The van der Waals surface area contributed by atoms with Crippen LogP contribution in [0.1, 0.15) is 6.42 Å². The van der Waals surface area contributed by atoms with Crippen LogP contribution in [-0.2, 0) is 0 Å². The topological polar surface area (TPSA) is 12.0 Å². The second kappa shape index (κ2) is 3.81. The quantitative estimate of drug-likeness (QED) is 0.682. The van der Waals surface area contributed by atoms with Gasteiger partial charge in [-0.25, -0.2) is 4.39 Å². The Morgan fingerprint density at radius 3 is 2.43 bits per heavy atom. The van der Waals surface area contributed by atoms with Crippen molar-refractivity contribution in [3.63, 3.8) is 0 Å². The largest absolute Gasteiger partial charge is 0.412 e. The molecule has 1 nitrogen and oxygen atoms in total. The molecule has 0 saturated carbocycles. The van der Waals surface area contributed by atoms with Gasteiger partial charge in [-0.1, -0.05) is 11.6 Å². The van der Waals surface area contributed by atoms with Crippen LogP contribution in [0.25, 0.3) is 0 Å². The molecule has 0 spiro atoms. The van der Waals surface area contributed by atoms with Crippen LogP contribution < -0.4 is 5.32 Å². The molecule has 0 fully saturated rings. The number of rotatable bonds is 1. The number of hydrogen-bond donors (Lipinski definition) is 1. The summed E-state index contributed by atoms with van der Waals surface area (Å²) in [5.41, 5.74) is -0.936. The van der Waals surface area contributed by atoms with E-state index in [1.54, 1.807) is 0 Å². The van der Waals surface area contributed by atoms with Crippen molar-refractivity contribution in [2.45, 2.75) is 18.8 Å². The maximum atomic E-state index is 13.1. The van der Waals surface area contributed by atoms with E-state index in [0.717, 1.165) is 6.08 Å². The molecule has 1 unspecified atom stereocenters. The molecule has 80 valence electrons. The van der Waals surface area contributed by atoms with Crippen molar-refractivity contribution in [3.8, 4) is 0 Å². The highest BCUT2D eigenvalue weighted by Crippen LogP contribution is 2.36. The summed E-state index contributed by atoms with van der Waals surface area (Å²) in [5.74, 6) is 0. The van der Waals surface area contributed by atoms with Gasteiger partial charge in [0.15, 0.2) is 0 Å². The molecule has 6 heteroatoms. The second-order valence-electron chi connectivity index (χ2n) is 2.85. The highest BCUT2D eigenvalue weighted by molar-refractivity contribution is 6.31. The smallest absolute Gasteiger partial charge is 0.388 e. The fraction of sp³-hybridized carbons (Fsp3) is 0.500. The molecule has 14 heavy (non-hydrogen) atoms. The zero-order valence-corrected chi connectivity index (χ0v) is 8.01. The van der Waals surface area contributed by atoms with Crippen LogP contribution in [-0.4, -0.2) is 19.4 Å². The summed E-state index contributed by atoms with van der Waals surface area (Å²) in [4.78, 5) is 0. The van der Waals surface area contributed by atoms with Gasteiger partial charge in [0.1, 0.15) is 6.17 Å². The third-order valence-electron chi connectivity index (χ3n) is 1.90. The van der Waals surface area contributed by atoms with Crippen molar-refractivity contribution in [2.75, 3.05) is 7.05 Å². The first kappa shape index (κ1) is 11.4. The van der Waals surface area contributed by atoms with Crippen molar-refractivity contribution in [3.05, 3.63) is 22.4 Å². The van der Waals surface area contributed by atoms with Crippen molar-refractivity contribution in [1.82, 2.24) is 5.32 Å². The molecule has 0 amide bonds. The molecule has 1 N–H and O–H groups in total. The fourth-order valence-corrected chi connectivity index (χ4v) is 1.55. The average molecular weight is 230 g/mol. The summed E-state index contributed by atoms with van der Waals surface area (Å²) in [6.45, 7) is 0. The van der Waals surface area contributed by atoms with Crippen LogP contribution in [0.4, 0.5) is 17.6 Å². The molecule has 1 rings (SSSR count). The zero-order chi connectivity index (χ0) is 10.9. The molecule has 0 bridgehead atoms. The molecular weight excluding hydrogens is 222 g/mol. The molecule has 0 saturated heterocycles. The minimum Gasteiger partial charge on any atom is -0.388 e. The Bertz CT molecular complexity index is 292. The van der Waals surface area contributed by atoms with Crippen LogP contribution in [0.2, 0.25) is 0 Å². The van der Waals surface area contributed by atoms with E-state index in [1.807, 2.05) is 0 Å². The average Bonchev–Trinajstić information content (AvgIpc) is 2.01. The Kier molecular flexibility index (Phi) is 3.09. The third-order valence-corrected chi connectivity index (χ3v) is 2.22. The predicted molar refractivity (Wildman–Crippen MR) is 45.6 cm³/mol. The maximum absolute atomic E-state index is 13.1. The molecule has 0 aromatic rings. The molecule has 0 heterocycles. The summed E-state index contributed by atoms with van der Waals surface area (Å²) < 4.78 is 49.7. The molecule has 0 radical (unpaired) electrons. The van der Waals surface area contributed by atoms with Gasteiger partial charge in [0.05, 0.1) is 10.7 Å². The Labute approximate surface area is 83.4 Å². The molecule has 1 aliphatic carbocycles. The molecule has 1 atom stereocenters. The fourth-order valence-electron chi connectivity index (χ4n) is 1.21. The third kappa shape index (κ3) is 2.20. The van der Waals surface area contributed by atoms with Gasteiger partial charge in [-0.15, -0.1) is 0 Å². The molecule has 1 aliphatic rings. The van der Waals surface area contributed by atoms with Gasteiger partial charge in [0, 0.05) is 19.0 Å². The number of allylic oxidation sites excluding steroid dienone is 4. The van der Waals surface area contributed by atoms with Crippen LogP contribution in [0.15, 0.2) is 22.4 Å². The van der Waals surface area contributed by atoms with Gasteiger partial charge in [0.2, 0.25) is 0 Å². The van der Waals surface area contributed by atoms with Gasteiger partial charge in [-0.3, -0.25) is 0 Å². The van der Waals surface area contributed by atoms with Gasteiger partial charge < -0.3 is 5.32 Å². The maximum Gasteiger partial charge on any atom is 0.412 e. The van der Waals surface area contributed by atoms with E-state index in [1.165, 1.54) is 7.05 Å². The molecule has 0 aromatic heterocycles. The van der Waals surface area contributed by atoms with Gasteiger partial charge >= 0.3 is 6.18 Å². The molecule has 0 aliphatic heterocycles. The Balaban J connectivity index is 3.02. The van der Waals surface area contributed by atoms with Crippen LogP contribution >= 0.6 is 11.6 Å². The lowest BCUT2D eigenvalue weighted by atomic mass is 10.0. The van der Waals surface area contributed by atoms with Crippen molar-refractivity contribution >= 4 is 11.6 Å². The van der Waals surface area contributed by atoms with E-state index in [9.17, 15) is 17.6 Å². The van der Waals surface area contributed by atoms with Gasteiger partial charge in [0.25, 0.3) is 0 Å². The minimum absolute atomic E-state index is 0.000309. The van der Waals surface area contributed by atoms with Crippen LogP contribution in [0.5, 0.6) is 0 Å². The number of alkyl halides is 4. The predicted octanol–water partition coefficient (Wildman–Crippen LogP) is 2.89. The minimum atomic E-state index is -4.51. The van der Waals surface area contributed by atoms with Gasteiger partial charge in [-0.2, -0.15) is 13.2 Å². The van der Waals surface area contributed by atoms with E-state index < -0.39 is 24.3 Å². The summed E-state index contributed by atoms with van der Waals surface area (Å²) >= 11 is 5.48. The number of nitrogens with one attached hydrogen (secondary N) is 1. The number of hydrogen-bond acceptors (Lipinski definition) is 1. The van der Waals surface area contributed by atoms with E-state index in [4.69, 9.17) is 11.6 Å². The SMILES string of the molecule is CNC1=C(Cl)C=C(C(F)(F)F)CC1F. The van der Waals surface area contributed by atoms with E-state index in [0.29, 0.717) is 0 Å². The van der Waals surface area contributed by atoms with Crippen molar-refractivity contribution in [2.24, 2.45) is 0 Å². The Morgan fingerprint density at radius 2 is 2.07 bits per heavy atom. The second-order valence-corrected chi connectivity index (χ2v) is 3.26. The first-order valence-electron chi connectivity index (χ1n) is 3.85. The van der Waals surface area contributed by atoms with E-state index in [2.05, 4.69) is 5.32 Å². The lowest BCUT2D eigenvalue weighted by Crippen LogP contribution is -2.26. The lowest BCUT2D eigenvalue weighted by molar-refractivity contribution is -0.0956.